The van der Waals surface area contributed by atoms with Crippen LogP contribution in [0.2, 0.25) is 0 Å². The van der Waals surface area contributed by atoms with Gasteiger partial charge < -0.3 is 11.1 Å². The van der Waals surface area contributed by atoms with Crippen molar-refractivity contribution in [2.45, 2.75) is 33.2 Å². The zero-order valence-corrected chi connectivity index (χ0v) is 12.1. The summed E-state index contributed by atoms with van der Waals surface area (Å²) >= 11 is 0. The first-order valence-electron chi connectivity index (χ1n) is 6.94. The van der Waals surface area contributed by atoms with Crippen molar-refractivity contribution in [3.05, 3.63) is 0 Å². The third-order valence-electron chi connectivity index (χ3n) is 3.39. The van der Waals surface area contributed by atoms with E-state index in [1.54, 1.807) is 0 Å². The van der Waals surface area contributed by atoms with E-state index in [4.69, 9.17) is 5.73 Å². The summed E-state index contributed by atoms with van der Waals surface area (Å²) in [6.07, 6.45) is 0.994. The molecule has 1 aliphatic rings. The Morgan fingerprint density at radius 1 is 1.42 bits per heavy atom. The van der Waals surface area contributed by atoms with Crippen LogP contribution in [0.25, 0.3) is 0 Å². The van der Waals surface area contributed by atoms with Gasteiger partial charge in [-0.1, -0.05) is 20.8 Å². The summed E-state index contributed by atoms with van der Waals surface area (Å²) in [5, 5.41) is 4.99. The number of piperidine rings is 1. The average molecular weight is 270 g/mol. The molecule has 0 aliphatic carbocycles. The Labute approximate surface area is 115 Å². The minimum absolute atomic E-state index is 0.108. The minimum Gasteiger partial charge on any atom is -0.338 e. The van der Waals surface area contributed by atoms with Crippen LogP contribution in [-0.4, -0.2) is 49.1 Å². The number of likely N-dealkylation sites (tertiary alicyclic amines) is 1. The zero-order chi connectivity index (χ0) is 14.4. The SMILES string of the molecule is CC(C)CNC(=O)NC(=O)CN1CCC(C)C(N)C1. The number of carbonyl (C=O) groups excluding carboxylic acids is 2. The molecule has 1 saturated heterocycles. The predicted octanol–water partition coefficient (Wildman–Crippen LogP) is 0.137. The fourth-order valence-electron chi connectivity index (χ4n) is 2.02. The maximum atomic E-state index is 11.7. The van der Waals surface area contributed by atoms with Gasteiger partial charge in [0.2, 0.25) is 5.91 Å². The zero-order valence-electron chi connectivity index (χ0n) is 12.1. The largest absolute Gasteiger partial charge is 0.338 e. The van der Waals surface area contributed by atoms with Crippen molar-refractivity contribution in [3.63, 3.8) is 0 Å². The van der Waals surface area contributed by atoms with Gasteiger partial charge >= 0.3 is 6.03 Å². The average Bonchev–Trinajstić information content (AvgIpc) is 2.31. The Bertz CT molecular complexity index is 320. The number of hydrogen-bond donors (Lipinski definition) is 3. The van der Waals surface area contributed by atoms with E-state index in [1.807, 2.05) is 18.7 Å². The highest BCUT2D eigenvalue weighted by Gasteiger charge is 2.24. The molecule has 6 nitrogen and oxygen atoms in total. The number of amides is 3. The molecule has 1 fully saturated rings. The standard InChI is InChI=1S/C13H26N4O2/c1-9(2)6-15-13(19)16-12(18)8-17-5-4-10(3)11(14)7-17/h9-11H,4-8,14H2,1-3H3,(H2,15,16,18,19). The summed E-state index contributed by atoms with van der Waals surface area (Å²) in [5.74, 6) is 0.582. The van der Waals surface area contributed by atoms with Crippen LogP contribution in [0.15, 0.2) is 0 Å². The molecule has 0 aromatic heterocycles. The maximum absolute atomic E-state index is 11.7. The summed E-state index contributed by atoms with van der Waals surface area (Å²) in [6.45, 7) is 8.48. The van der Waals surface area contributed by atoms with Crippen LogP contribution >= 0.6 is 0 Å². The third kappa shape index (κ3) is 6.02. The Kier molecular flexibility index (Phi) is 6.24. The van der Waals surface area contributed by atoms with E-state index in [1.165, 1.54) is 0 Å². The summed E-state index contributed by atoms with van der Waals surface area (Å²) in [7, 11) is 0. The van der Waals surface area contributed by atoms with Crippen LogP contribution in [0.3, 0.4) is 0 Å². The number of imide groups is 1. The molecule has 0 spiro atoms. The lowest BCUT2D eigenvalue weighted by molar-refractivity contribution is -0.121. The fourth-order valence-corrected chi connectivity index (χ4v) is 2.02. The highest BCUT2D eigenvalue weighted by molar-refractivity contribution is 5.95. The molecule has 1 aliphatic heterocycles. The van der Waals surface area contributed by atoms with E-state index in [9.17, 15) is 9.59 Å². The number of urea groups is 1. The first-order chi connectivity index (χ1) is 8.88. The predicted molar refractivity (Wildman–Crippen MR) is 74.6 cm³/mol. The van der Waals surface area contributed by atoms with Crippen molar-refractivity contribution < 1.29 is 9.59 Å². The van der Waals surface area contributed by atoms with Crippen LogP contribution in [0, 0.1) is 11.8 Å². The Morgan fingerprint density at radius 3 is 2.68 bits per heavy atom. The molecule has 110 valence electrons. The topological polar surface area (TPSA) is 87.5 Å². The Balaban J connectivity index is 2.25. The van der Waals surface area contributed by atoms with E-state index in [0.29, 0.717) is 24.9 Å². The van der Waals surface area contributed by atoms with E-state index >= 15 is 0 Å². The monoisotopic (exact) mass is 270 g/mol. The number of rotatable bonds is 4. The van der Waals surface area contributed by atoms with Crippen molar-refractivity contribution in [2.75, 3.05) is 26.2 Å². The summed E-state index contributed by atoms with van der Waals surface area (Å²) < 4.78 is 0. The normalized spacial score (nSPS) is 24.3. The molecule has 0 aromatic carbocycles. The fraction of sp³-hybridized carbons (Fsp3) is 0.846. The number of nitrogens with one attached hydrogen (secondary N) is 2. The highest BCUT2D eigenvalue weighted by Crippen LogP contribution is 2.14. The molecule has 3 amide bonds. The second kappa shape index (κ2) is 7.45. The van der Waals surface area contributed by atoms with Crippen molar-refractivity contribution in [1.29, 1.82) is 0 Å². The van der Waals surface area contributed by atoms with Crippen LogP contribution in [0.4, 0.5) is 4.79 Å². The van der Waals surface area contributed by atoms with Gasteiger partial charge in [-0.3, -0.25) is 15.0 Å². The van der Waals surface area contributed by atoms with Gasteiger partial charge in [0.25, 0.3) is 0 Å². The second-order valence-electron chi connectivity index (χ2n) is 5.82. The van der Waals surface area contributed by atoms with Gasteiger partial charge in [0.1, 0.15) is 0 Å². The lowest BCUT2D eigenvalue weighted by atomic mass is 9.94. The van der Waals surface area contributed by atoms with E-state index in [2.05, 4.69) is 17.6 Å². The molecule has 0 aromatic rings. The minimum atomic E-state index is -0.423. The van der Waals surface area contributed by atoms with Crippen LogP contribution in [0.5, 0.6) is 0 Å². The van der Waals surface area contributed by atoms with Gasteiger partial charge in [0.15, 0.2) is 0 Å². The van der Waals surface area contributed by atoms with Gasteiger partial charge in [-0.15, -0.1) is 0 Å². The molecule has 19 heavy (non-hydrogen) atoms. The smallest absolute Gasteiger partial charge is 0.321 e. The van der Waals surface area contributed by atoms with Gasteiger partial charge in [-0.2, -0.15) is 0 Å². The first-order valence-corrected chi connectivity index (χ1v) is 6.94. The molecule has 1 rings (SSSR count). The molecule has 6 heteroatoms. The number of nitrogens with zero attached hydrogens (tertiary/aromatic N) is 1. The Morgan fingerprint density at radius 2 is 2.11 bits per heavy atom. The lowest BCUT2D eigenvalue weighted by Gasteiger charge is -2.34. The molecule has 1 heterocycles. The van der Waals surface area contributed by atoms with Crippen LogP contribution < -0.4 is 16.4 Å². The molecular formula is C13H26N4O2. The van der Waals surface area contributed by atoms with E-state index in [0.717, 1.165) is 13.0 Å². The number of carbonyl (C=O) groups is 2. The molecule has 4 N–H and O–H groups in total. The quantitative estimate of drug-likeness (QED) is 0.678. The molecule has 2 atom stereocenters. The molecule has 0 saturated carbocycles. The van der Waals surface area contributed by atoms with Crippen molar-refractivity contribution in [1.82, 2.24) is 15.5 Å². The van der Waals surface area contributed by atoms with Gasteiger partial charge in [0.05, 0.1) is 6.54 Å². The Hall–Kier alpha value is -1.14. The first kappa shape index (κ1) is 15.9. The molecular weight excluding hydrogens is 244 g/mol. The summed E-state index contributed by atoms with van der Waals surface area (Å²) in [5.41, 5.74) is 5.97. The molecule has 0 bridgehead atoms. The summed E-state index contributed by atoms with van der Waals surface area (Å²) in [4.78, 5) is 25.1. The highest BCUT2D eigenvalue weighted by atomic mass is 16.2. The van der Waals surface area contributed by atoms with Crippen molar-refractivity contribution in [3.8, 4) is 0 Å². The molecule has 0 radical (unpaired) electrons. The van der Waals surface area contributed by atoms with Gasteiger partial charge in [-0.05, 0) is 24.8 Å². The summed E-state index contributed by atoms with van der Waals surface area (Å²) in [6, 6.07) is -0.315. The number of nitrogens with two attached hydrogens (primary N) is 1. The van der Waals surface area contributed by atoms with Crippen molar-refractivity contribution in [2.24, 2.45) is 17.6 Å². The van der Waals surface area contributed by atoms with Crippen LogP contribution in [0.1, 0.15) is 27.2 Å². The lowest BCUT2D eigenvalue weighted by Crippen LogP contribution is -2.51. The van der Waals surface area contributed by atoms with E-state index in [-0.39, 0.29) is 18.5 Å². The second-order valence-corrected chi connectivity index (χ2v) is 5.82. The number of hydrogen-bond acceptors (Lipinski definition) is 4. The third-order valence-corrected chi connectivity index (χ3v) is 3.39. The molecule has 2 unspecified atom stereocenters. The van der Waals surface area contributed by atoms with Gasteiger partial charge in [-0.25, -0.2) is 4.79 Å². The van der Waals surface area contributed by atoms with Crippen molar-refractivity contribution >= 4 is 11.9 Å². The van der Waals surface area contributed by atoms with E-state index < -0.39 is 6.03 Å². The van der Waals surface area contributed by atoms with Crippen LogP contribution in [-0.2, 0) is 4.79 Å². The maximum Gasteiger partial charge on any atom is 0.321 e. The van der Waals surface area contributed by atoms with Gasteiger partial charge in [0, 0.05) is 19.1 Å².